The highest BCUT2D eigenvalue weighted by Gasteiger charge is 2.30. The Morgan fingerprint density at radius 1 is 0.909 bits per heavy atom. The average Bonchev–Trinajstić information content (AvgIpc) is 2.04. The summed E-state index contributed by atoms with van der Waals surface area (Å²) in [6.07, 6.45) is 0. The van der Waals surface area contributed by atoms with Gasteiger partial charge in [0.2, 0.25) is 0 Å². The normalized spacial score (nSPS) is 12.0. The van der Waals surface area contributed by atoms with Crippen LogP contribution in [0, 0.1) is 5.41 Å². The minimum absolute atomic E-state index is 0.305. The van der Waals surface area contributed by atoms with Crippen LogP contribution in [0.15, 0.2) is 0 Å². The lowest BCUT2D eigenvalue weighted by molar-refractivity contribution is -0.307. The van der Waals surface area contributed by atoms with E-state index in [0.717, 1.165) is 0 Å². The largest absolute Gasteiger partial charge is 0.396 e. The Bertz CT molecular complexity index is 83.0. The smallest absolute Gasteiger partial charge is 0.0943 e. The van der Waals surface area contributed by atoms with Gasteiger partial charge in [-0.05, 0) is 0 Å². The molecule has 0 aliphatic rings. The van der Waals surface area contributed by atoms with Crippen LogP contribution in [-0.2, 0) is 9.78 Å². The van der Waals surface area contributed by atoms with E-state index >= 15 is 0 Å². The lowest BCUT2D eigenvalue weighted by Gasteiger charge is -2.25. The molecule has 0 amide bonds. The van der Waals surface area contributed by atoms with E-state index in [9.17, 15) is 0 Å². The van der Waals surface area contributed by atoms with E-state index in [0.29, 0.717) is 0 Å². The summed E-state index contributed by atoms with van der Waals surface area (Å²) < 4.78 is 0. The van der Waals surface area contributed by atoms with Crippen molar-refractivity contribution in [3.63, 3.8) is 0 Å². The molecule has 0 unspecified atom stereocenters. The van der Waals surface area contributed by atoms with Crippen molar-refractivity contribution in [1.82, 2.24) is 0 Å². The lowest BCUT2D eigenvalue weighted by atomic mass is 9.93. The molecule has 0 aromatic rings. The Labute approximate surface area is 63.5 Å². The van der Waals surface area contributed by atoms with Crippen molar-refractivity contribution in [2.45, 2.75) is 0 Å². The van der Waals surface area contributed by atoms with Gasteiger partial charge in [0.25, 0.3) is 0 Å². The van der Waals surface area contributed by atoms with Crippen LogP contribution in [-0.4, -0.2) is 47.2 Å². The fraction of sp³-hybridized carbons (Fsp3) is 1.00. The van der Waals surface area contributed by atoms with Crippen molar-refractivity contribution in [2.75, 3.05) is 26.4 Å². The molecule has 0 aliphatic carbocycles. The summed E-state index contributed by atoms with van der Waals surface area (Å²) in [6.45, 7) is -1.52. The predicted octanol–water partition coefficient (Wildman–Crippen LogP) is -1.06. The summed E-state index contributed by atoms with van der Waals surface area (Å²) in [5.74, 6) is 0. The molecule has 0 atom stereocenters. The Morgan fingerprint density at radius 3 is 1.45 bits per heavy atom. The summed E-state index contributed by atoms with van der Waals surface area (Å²) >= 11 is 0. The van der Waals surface area contributed by atoms with Crippen molar-refractivity contribution < 1.29 is 30.5 Å². The molecule has 0 fully saturated rings. The van der Waals surface area contributed by atoms with Gasteiger partial charge >= 0.3 is 0 Å². The molecule has 0 heterocycles. The van der Waals surface area contributed by atoms with E-state index in [1.807, 2.05) is 0 Å². The molecule has 0 saturated carbocycles. The first-order valence-electron chi connectivity index (χ1n) is 2.99. The maximum absolute atomic E-state index is 8.70. The number of aliphatic hydroxyl groups is 2. The molecule has 6 nitrogen and oxygen atoms in total. The zero-order valence-electron chi connectivity index (χ0n) is 5.93. The van der Waals surface area contributed by atoms with Crippen molar-refractivity contribution in [2.24, 2.45) is 5.41 Å². The molecule has 68 valence electrons. The number of hydrogen-bond donors (Lipinski definition) is 4. The average molecular weight is 168 g/mol. The van der Waals surface area contributed by atoms with E-state index in [-0.39, 0.29) is 13.2 Å². The van der Waals surface area contributed by atoms with Gasteiger partial charge in [-0.2, -0.15) is 0 Å². The monoisotopic (exact) mass is 168 g/mol. The van der Waals surface area contributed by atoms with E-state index in [2.05, 4.69) is 9.78 Å². The fourth-order valence-corrected chi connectivity index (χ4v) is 0.548. The number of hydrogen-bond acceptors (Lipinski definition) is 6. The van der Waals surface area contributed by atoms with E-state index < -0.39 is 18.6 Å². The molecular weight excluding hydrogens is 156 g/mol. The van der Waals surface area contributed by atoms with Gasteiger partial charge in [0, 0.05) is 0 Å². The van der Waals surface area contributed by atoms with Gasteiger partial charge in [-0.15, -0.1) is 0 Å². The maximum Gasteiger partial charge on any atom is 0.0943 e. The van der Waals surface area contributed by atoms with Crippen LogP contribution in [0.2, 0.25) is 0 Å². The third-order valence-electron chi connectivity index (χ3n) is 1.41. The molecule has 4 N–H and O–H groups in total. The zero-order chi connectivity index (χ0) is 8.74. The summed E-state index contributed by atoms with van der Waals surface area (Å²) in [5.41, 5.74) is -1.15. The molecule has 6 heteroatoms. The Balaban J connectivity index is 3.96. The molecule has 0 saturated heterocycles. The summed E-state index contributed by atoms with van der Waals surface area (Å²) in [7, 11) is 0. The highest BCUT2D eigenvalue weighted by atomic mass is 17.1. The van der Waals surface area contributed by atoms with Gasteiger partial charge in [0.05, 0.1) is 31.8 Å². The van der Waals surface area contributed by atoms with Crippen LogP contribution in [0.5, 0.6) is 0 Å². The third-order valence-corrected chi connectivity index (χ3v) is 1.41. The minimum atomic E-state index is -1.15. The van der Waals surface area contributed by atoms with Crippen LogP contribution in [0.3, 0.4) is 0 Å². The number of aliphatic hydroxyl groups excluding tert-OH is 2. The molecule has 0 aromatic carbocycles. The first kappa shape index (κ1) is 10.8. The third kappa shape index (κ3) is 3.10. The van der Waals surface area contributed by atoms with Crippen molar-refractivity contribution in [1.29, 1.82) is 0 Å². The van der Waals surface area contributed by atoms with Gasteiger partial charge < -0.3 is 10.2 Å². The van der Waals surface area contributed by atoms with Crippen molar-refractivity contribution in [3.8, 4) is 0 Å². The quantitative estimate of drug-likeness (QED) is 0.298. The Morgan fingerprint density at radius 2 is 1.27 bits per heavy atom. The van der Waals surface area contributed by atoms with Gasteiger partial charge in [0.15, 0.2) is 0 Å². The fourth-order valence-electron chi connectivity index (χ4n) is 0.548. The van der Waals surface area contributed by atoms with Gasteiger partial charge in [-0.25, -0.2) is 9.78 Å². The summed E-state index contributed by atoms with van der Waals surface area (Å²) in [6, 6.07) is 0. The topological polar surface area (TPSA) is 99.4 Å². The molecule has 0 aromatic heterocycles. The van der Waals surface area contributed by atoms with E-state index in [4.69, 9.17) is 20.7 Å². The first-order valence-corrected chi connectivity index (χ1v) is 2.99. The van der Waals surface area contributed by atoms with E-state index in [1.54, 1.807) is 0 Å². The minimum Gasteiger partial charge on any atom is -0.396 e. The molecule has 0 bridgehead atoms. The second kappa shape index (κ2) is 5.42. The van der Waals surface area contributed by atoms with Gasteiger partial charge in [-0.3, -0.25) is 10.5 Å². The zero-order valence-corrected chi connectivity index (χ0v) is 5.93. The second-order valence-corrected chi connectivity index (χ2v) is 2.36. The Hall–Kier alpha value is -0.240. The van der Waals surface area contributed by atoms with E-state index in [1.165, 1.54) is 0 Å². The van der Waals surface area contributed by atoms with Crippen LogP contribution in [0.4, 0.5) is 0 Å². The molecule has 0 radical (unpaired) electrons. The highest BCUT2D eigenvalue weighted by molar-refractivity contribution is 4.76. The first-order chi connectivity index (χ1) is 5.24. The maximum atomic E-state index is 8.70. The molecular formula is C5H12O6. The Kier molecular flexibility index (Phi) is 5.30. The van der Waals surface area contributed by atoms with Gasteiger partial charge in [0.1, 0.15) is 0 Å². The standard InChI is InChI=1S/C5H12O6/c6-1-5(2-7,3-10-8)4-11-9/h6-9H,1-4H2. The van der Waals surface area contributed by atoms with Gasteiger partial charge in [-0.1, -0.05) is 0 Å². The second-order valence-electron chi connectivity index (χ2n) is 2.36. The van der Waals surface area contributed by atoms with Crippen LogP contribution >= 0.6 is 0 Å². The summed E-state index contributed by atoms with van der Waals surface area (Å²) in [4.78, 5) is 7.46. The summed E-state index contributed by atoms with van der Waals surface area (Å²) in [5, 5.41) is 33.5. The van der Waals surface area contributed by atoms with Crippen LogP contribution < -0.4 is 0 Å². The molecule has 0 aliphatic heterocycles. The predicted molar refractivity (Wildman–Crippen MR) is 33.8 cm³/mol. The van der Waals surface area contributed by atoms with Crippen LogP contribution in [0.25, 0.3) is 0 Å². The SMILES string of the molecule is OCC(CO)(COO)COO. The highest BCUT2D eigenvalue weighted by Crippen LogP contribution is 2.15. The van der Waals surface area contributed by atoms with Crippen molar-refractivity contribution >= 4 is 0 Å². The lowest BCUT2D eigenvalue weighted by Crippen LogP contribution is -2.39. The van der Waals surface area contributed by atoms with Crippen LogP contribution in [0.1, 0.15) is 0 Å². The molecule has 11 heavy (non-hydrogen) atoms. The number of rotatable bonds is 6. The molecule has 0 spiro atoms. The van der Waals surface area contributed by atoms with Crippen molar-refractivity contribution in [3.05, 3.63) is 0 Å². The molecule has 0 rings (SSSR count).